The summed E-state index contributed by atoms with van der Waals surface area (Å²) in [6, 6.07) is 0.0187. The summed E-state index contributed by atoms with van der Waals surface area (Å²) >= 11 is 0. The summed E-state index contributed by atoms with van der Waals surface area (Å²) in [7, 11) is 0. The molecule has 1 saturated carbocycles. The minimum absolute atomic E-state index is 0.0187. The van der Waals surface area contributed by atoms with Gasteiger partial charge in [0, 0.05) is 12.5 Å². The molecule has 3 N–H and O–H groups in total. The molecule has 1 aliphatic carbocycles. The Morgan fingerprint density at radius 3 is 2.10 bits per heavy atom. The summed E-state index contributed by atoms with van der Waals surface area (Å²) in [5.74, 6) is -1.78. The first-order valence-electron chi connectivity index (χ1n) is 7.67. The summed E-state index contributed by atoms with van der Waals surface area (Å²) in [6.45, 7) is 3.43. The fraction of sp³-hybridized carbons (Fsp3) is 0.800. The second-order valence-corrected chi connectivity index (χ2v) is 5.90. The maximum absolute atomic E-state index is 12.6. The van der Waals surface area contributed by atoms with E-state index in [0.29, 0.717) is 12.8 Å². The maximum atomic E-state index is 12.6. The van der Waals surface area contributed by atoms with Crippen molar-refractivity contribution in [3.05, 3.63) is 0 Å². The van der Waals surface area contributed by atoms with Gasteiger partial charge in [-0.15, -0.1) is 0 Å². The SMILES string of the molecule is CCC(CC)(CC(=O)N(CC(N)=O)C1CCCC1)C(=O)O. The van der Waals surface area contributed by atoms with Crippen LogP contribution >= 0.6 is 0 Å². The number of nitrogens with two attached hydrogens (primary N) is 1. The lowest BCUT2D eigenvalue weighted by Crippen LogP contribution is -2.47. The van der Waals surface area contributed by atoms with Gasteiger partial charge in [-0.05, 0) is 25.7 Å². The molecule has 6 nitrogen and oxygen atoms in total. The molecule has 0 radical (unpaired) electrons. The lowest BCUT2D eigenvalue weighted by Gasteiger charge is -2.32. The number of nitrogens with zero attached hydrogens (tertiary/aromatic N) is 1. The topological polar surface area (TPSA) is 101 Å². The number of carboxylic acids is 1. The Kier molecular flexibility index (Phi) is 6.18. The monoisotopic (exact) mass is 298 g/mol. The van der Waals surface area contributed by atoms with E-state index in [-0.39, 0.29) is 24.9 Å². The third-order valence-corrected chi connectivity index (χ3v) is 4.71. The van der Waals surface area contributed by atoms with Crippen LogP contribution < -0.4 is 5.73 Å². The molecule has 0 bridgehead atoms. The molecular weight excluding hydrogens is 272 g/mol. The van der Waals surface area contributed by atoms with Crippen molar-refractivity contribution in [1.82, 2.24) is 4.90 Å². The summed E-state index contributed by atoms with van der Waals surface area (Å²) in [6.07, 6.45) is 4.48. The summed E-state index contributed by atoms with van der Waals surface area (Å²) in [5, 5.41) is 9.44. The lowest BCUT2D eigenvalue weighted by molar-refractivity contribution is -0.155. The summed E-state index contributed by atoms with van der Waals surface area (Å²) in [5.41, 5.74) is 4.19. The van der Waals surface area contributed by atoms with Gasteiger partial charge in [0.15, 0.2) is 0 Å². The molecule has 1 rings (SSSR count). The molecule has 0 aromatic heterocycles. The molecule has 6 heteroatoms. The van der Waals surface area contributed by atoms with Gasteiger partial charge in [0.05, 0.1) is 12.0 Å². The average Bonchev–Trinajstić information content (AvgIpc) is 2.95. The molecule has 21 heavy (non-hydrogen) atoms. The molecule has 0 aliphatic heterocycles. The van der Waals surface area contributed by atoms with Gasteiger partial charge in [-0.25, -0.2) is 0 Å². The Hall–Kier alpha value is -1.59. The zero-order chi connectivity index (χ0) is 16.0. The molecule has 1 aliphatic rings. The quantitative estimate of drug-likeness (QED) is 0.709. The van der Waals surface area contributed by atoms with Gasteiger partial charge < -0.3 is 15.7 Å². The van der Waals surface area contributed by atoms with Crippen LogP contribution in [0.3, 0.4) is 0 Å². The van der Waals surface area contributed by atoms with E-state index < -0.39 is 17.3 Å². The molecule has 1 fully saturated rings. The van der Waals surface area contributed by atoms with Crippen molar-refractivity contribution < 1.29 is 19.5 Å². The van der Waals surface area contributed by atoms with E-state index in [0.717, 1.165) is 25.7 Å². The van der Waals surface area contributed by atoms with Crippen molar-refractivity contribution in [2.24, 2.45) is 11.1 Å². The largest absolute Gasteiger partial charge is 0.481 e. The van der Waals surface area contributed by atoms with Gasteiger partial charge in [0.1, 0.15) is 0 Å². The van der Waals surface area contributed by atoms with Crippen LogP contribution in [0.5, 0.6) is 0 Å². The second-order valence-electron chi connectivity index (χ2n) is 5.90. The number of carbonyl (C=O) groups excluding carboxylic acids is 2. The second kappa shape index (κ2) is 7.43. The molecule has 2 amide bonds. The van der Waals surface area contributed by atoms with Crippen LogP contribution in [0.25, 0.3) is 0 Å². The fourth-order valence-electron chi connectivity index (χ4n) is 3.07. The van der Waals surface area contributed by atoms with Crippen molar-refractivity contribution in [2.45, 2.75) is 64.8 Å². The van der Waals surface area contributed by atoms with Gasteiger partial charge in [-0.2, -0.15) is 0 Å². The predicted octanol–water partition coefficient (Wildman–Crippen LogP) is 1.52. The molecule has 0 aromatic rings. The van der Waals surface area contributed by atoms with Gasteiger partial charge in [-0.1, -0.05) is 26.7 Å². The van der Waals surface area contributed by atoms with E-state index in [1.54, 1.807) is 13.8 Å². The molecule has 0 saturated heterocycles. The molecule has 0 atom stereocenters. The minimum atomic E-state index is -1.05. The third-order valence-electron chi connectivity index (χ3n) is 4.71. The van der Waals surface area contributed by atoms with Gasteiger partial charge in [-0.3, -0.25) is 14.4 Å². The highest BCUT2D eigenvalue weighted by atomic mass is 16.4. The normalized spacial score (nSPS) is 15.9. The smallest absolute Gasteiger partial charge is 0.310 e. The Bertz CT molecular complexity index is 398. The highest BCUT2D eigenvalue weighted by Crippen LogP contribution is 2.33. The number of aliphatic carboxylic acids is 1. The number of carbonyl (C=O) groups is 3. The predicted molar refractivity (Wildman–Crippen MR) is 78.4 cm³/mol. The number of primary amides is 1. The van der Waals surface area contributed by atoms with Crippen LogP contribution in [0.4, 0.5) is 0 Å². The highest BCUT2D eigenvalue weighted by Gasteiger charge is 2.40. The lowest BCUT2D eigenvalue weighted by atomic mass is 9.78. The number of carboxylic acid groups (broad SMARTS) is 1. The van der Waals surface area contributed by atoms with Crippen molar-refractivity contribution >= 4 is 17.8 Å². The van der Waals surface area contributed by atoms with Gasteiger partial charge >= 0.3 is 5.97 Å². The fourth-order valence-corrected chi connectivity index (χ4v) is 3.07. The first-order valence-corrected chi connectivity index (χ1v) is 7.67. The molecule has 0 unspecified atom stereocenters. The van der Waals surface area contributed by atoms with E-state index in [1.165, 1.54) is 4.90 Å². The van der Waals surface area contributed by atoms with E-state index in [2.05, 4.69) is 0 Å². The van der Waals surface area contributed by atoms with Crippen molar-refractivity contribution in [3.63, 3.8) is 0 Å². The molecule has 0 spiro atoms. The Balaban J connectivity index is 2.88. The first-order chi connectivity index (χ1) is 9.86. The summed E-state index contributed by atoms with van der Waals surface area (Å²) < 4.78 is 0. The van der Waals surface area contributed by atoms with E-state index in [4.69, 9.17) is 5.73 Å². The van der Waals surface area contributed by atoms with Crippen LogP contribution in [-0.4, -0.2) is 40.4 Å². The van der Waals surface area contributed by atoms with Crippen LogP contribution in [0.15, 0.2) is 0 Å². The first kappa shape index (κ1) is 17.5. The van der Waals surface area contributed by atoms with Crippen molar-refractivity contribution in [2.75, 3.05) is 6.54 Å². The van der Waals surface area contributed by atoms with Gasteiger partial charge in [0.25, 0.3) is 0 Å². The van der Waals surface area contributed by atoms with E-state index in [9.17, 15) is 19.5 Å². The minimum Gasteiger partial charge on any atom is -0.481 e. The van der Waals surface area contributed by atoms with Crippen LogP contribution in [0, 0.1) is 5.41 Å². The number of rotatable bonds is 8. The Morgan fingerprint density at radius 2 is 1.71 bits per heavy atom. The van der Waals surface area contributed by atoms with Crippen LogP contribution in [-0.2, 0) is 14.4 Å². The molecular formula is C15H26N2O4. The zero-order valence-corrected chi connectivity index (χ0v) is 12.9. The van der Waals surface area contributed by atoms with E-state index >= 15 is 0 Å². The zero-order valence-electron chi connectivity index (χ0n) is 12.9. The standard InChI is InChI=1S/C15H26N2O4/c1-3-15(4-2,14(20)21)9-13(19)17(10-12(16)18)11-7-5-6-8-11/h11H,3-10H2,1-2H3,(H2,16,18)(H,20,21). The maximum Gasteiger partial charge on any atom is 0.310 e. The average molecular weight is 298 g/mol. The Morgan fingerprint density at radius 1 is 1.19 bits per heavy atom. The van der Waals surface area contributed by atoms with Crippen LogP contribution in [0.1, 0.15) is 58.8 Å². The molecule has 0 heterocycles. The number of hydrogen-bond donors (Lipinski definition) is 2. The van der Waals surface area contributed by atoms with Crippen molar-refractivity contribution in [1.29, 1.82) is 0 Å². The highest BCUT2D eigenvalue weighted by molar-refractivity contribution is 5.88. The Labute approximate surface area is 125 Å². The molecule has 0 aromatic carbocycles. The van der Waals surface area contributed by atoms with Crippen LogP contribution in [0.2, 0.25) is 0 Å². The van der Waals surface area contributed by atoms with Gasteiger partial charge in [0.2, 0.25) is 11.8 Å². The number of hydrogen-bond acceptors (Lipinski definition) is 3. The van der Waals surface area contributed by atoms with Crippen molar-refractivity contribution in [3.8, 4) is 0 Å². The number of amides is 2. The molecule has 120 valence electrons. The van der Waals surface area contributed by atoms with E-state index in [1.807, 2.05) is 0 Å². The summed E-state index contributed by atoms with van der Waals surface area (Å²) in [4.78, 5) is 36.8. The third kappa shape index (κ3) is 4.19.